The average Bonchev–Trinajstić information content (AvgIpc) is 3.33. The second-order valence-corrected chi connectivity index (χ2v) is 9.31. The SMILES string of the molecule is O=C(c1ccc(N2CCOCC2)c([N+](=O)[O-])c1)N(Cc1cccnc1)c1nc2c(Cl)cccc2s1. The number of rotatable bonds is 6. The lowest BCUT2D eigenvalue weighted by Crippen LogP contribution is -2.36. The van der Waals surface area contributed by atoms with E-state index in [0.717, 1.165) is 10.3 Å². The summed E-state index contributed by atoms with van der Waals surface area (Å²) in [6.45, 7) is 2.29. The highest BCUT2D eigenvalue weighted by Crippen LogP contribution is 2.35. The Kier molecular flexibility index (Phi) is 6.58. The van der Waals surface area contributed by atoms with Crippen LogP contribution in [0.1, 0.15) is 15.9 Å². The third kappa shape index (κ3) is 4.81. The first-order valence-corrected chi connectivity index (χ1v) is 12.1. The number of hydrogen-bond donors (Lipinski definition) is 0. The molecule has 0 unspecified atom stereocenters. The van der Waals surface area contributed by atoms with Gasteiger partial charge in [-0.2, -0.15) is 0 Å². The third-order valence-electron chi connectivity index (χ3n) is 5.67. The molecule has 0 N–H and O–H groups in total. The maximum atomic E-state index is 13.8. The molecule has 1 saturated heterocycles. The van der Waals surface area contributed by atoms with Gasteiger partial charge in [0.15, 0.2) is 5.13 Å². The van der Waals surface area contributed by atoms with Crippen LogP contribution in [0.4, 0.5) is 16.5 Å². The molecule has 4 aromatic rings. The van der Waals surface area contributed by atoms with Gasteiger partial charge in [0.05, 0.1) is 34.4 Å². The summed E-state index contributed by atoms with van der Waals surface area (Å²) in [7, 11) is 0. The zero-order chi connectivity index (χ0) is 24.4. The van der Waals surface area contributed by atoms with Crippen molar-refractivity contribution in [2.75, 3.05) is 36.1 Å². The van der Waals surface area contributed by atoms with Crippen molar-refractivity contribution < 1.29 is 14.5 Å². The van der Waals surface area contributed by atoms with E-state index < -0.39 is 10.8 Å². The van der Waals surface area contributed by atoms with Crippen LogP contribution in [-0.4, -0.2) is 47.1 Å². The summed E-state index contributed by atoms with van der Waals surface area (Å²) in [6, 6.07) is 13.7. The van der Waals surface area contributed by atoms with Crippen LogP contribution in [0.5, 0.6) is 0 Å². The van der Waals surface area contributed by atoms with Gasteiger partial charge in [-0.25, -0.2) is 4.98 Å². The Balaban J connectivity index is 1.55. The first-order valence-electron chi connectivity index (χ1n) is 10.9. The predicted molar refractivity (Wildman–Crippen MR) is 136 cm³/mol. The fourth-order valence-electron chi connectivity index (χ4n) is 3.95. The number of halogens is 1. The second-order valence-electron chi connectivity index (χ2n) is 7.90. The van der Waals surface area contributed by atoms with Gasteiger partial charge in [-0.1, -0.05) is 35.1 Å². The lowest BCUT2D eigenvalue weighted by atomic mass is 10.1. The molecule has 0 radical (unpaired) electrons. The van der Waals surface area contributed by atoms with E-state index in [4.69, 9.17) is 16.3 Å². The van der Waals surface area contributed by atoms with Crippen molar-refractivity contribution in [3.8, 4) is 0 Å². The van der Waals surface area contributed by atoms with E-state index in [2.05, 4.69) is 9.97 Å². The third-order valence-corrected chi connectivity index (χ3v) is 7.02. The zero-order valence-electron chi connectivity index (χ0n) is 18.5. The van der Waals surface area contributed by atoms with Crippen LogP contribution >= 0.6 is 22.9 Å². The molecule has 3 heterocycles. The number of nitro benzene ring substituents is 1. The molecule has 35 heavy (non-hydrogen) atoms. The van der Waals surface area contributed by atoms with Crippen molar-refractivity contribution in [1.82, 2.24) is 9.97 Å². The largest absolute Gasteiger partial charge is 0.378 e. The van der Waals surface area contributed by atoms with E-state index in [1.165, 1.54) is 22.3 Å². The number of anilines is 2. The van der Waals surface area contributed by atoms with Gasteiger partial charge >= 0.3 is 0 Å². The number of nitrogens with zero attached hydrogens (tertiary/aromatic N) is 5. The molecule has 0 spiro atoms. The molecule has 1 aliphatic heterocycles. The van der Waals surface area contributed by atoms with Gasteiger partial charge < -0.3 is 9.64 Å². The van der Waals surface area contributed by atoms with E-state index in [-0.39, 0.29) is 17.8 Å². The zero-order valence-corrected chi connectivity index (χ0v) is 20.0. The van der Waals surface area contributed by atoms with Gasteiger partial charge in [-0.15, -0.1) is 0 Å². The van der Waals surface area contributed by atoms with Gasteiger partial charge in [0.1, 0.15) is 11.2 Å². The van der Waals surface area contributed by atoms with E-state index in [1.807, 2.05) is 23.1 Å². The Morgan fingerprint density at radius 2 is 2.03 bits per heavy atom. The van der Waals surface area contributed by atoms with Crippen LogP contribution < -0.4 is 9.80 Å². The molecule has 2 aromatic heterocycles. The summed E-state index contributed by atoms with van der Waals surface area (Å²) >= 11 is 7.65. The van der Waals surface area contributed by atoms with E-state index in [0.29, 0.717) is 47.7 Å². The number of benzene rings is 2. The number of nitro groups is 1. The highest BCUT2D eigenvalue weighted by Gasteiger charge is 2.27. The summed E-state index contributed by atoms with van der Waals surface area (Å²) in [5, 5.41) is 12.9. The molecule has 178 valence electrons. The molecule has 1 aliphatic rings. The smallest absolute Gasteiger partial charge is 0.293 e. The molecular formula is C24H20ClN5O4S. The Hall–Kier alpha value is -3.60. The van der Waals surface area contributed by atoms with Crippen molar-refractivity contribution >= 4 is 55.6 Å². The predicted octanol–water partition coefficient (Wildman–Crippen LogP) is 4.94. The topological polar surface area (TPSA) is 102 Å². The molecule has 11 heteroatoms. The number of fused-ring (bicyclic) bond motifs is 1. The first kappa shape index (κ1) is 23.2. The molecule has 1 amide bonds. The van der Waals surface area contributed by atoms with Crippen LogP contribution in [0.15, 0.2) is 60.9 Å². The van der Waals surface area contributed by atoms with Gasteiger partial charge in [0.25, 0.3) is 11.6 Å². The monoisotopic (exact) mass is 509 g/mol. The van der Waals surface area contributed by atoms with Crippen LogP contribution in [0, 0.1) is 10.1 Å². The molecule has 0 aliphatic carbocycles. The summed E-state index contributed by atoms with van der Waals surface area (Å²) in [4.78, 5) is 37.4. The highest BCUT2D eigenvalue weighted by atomic mass is 35.5. The Labute approximate surface area is 209 Å². The molecule has 1 fully saturated rings. The average molecular weight is 510 g/mol. The number of carbonyl (C=O) groups is 1. The highest BCUT2D eigenvalue weighted by molar-refractivity contribution is 7.22. The quantitative estimate of drug-likeness (QED) is 0.268. The molecular weight excluding hydrogens is 490 g/mol. The van der Waals surface area contributed by atoms with Crippen molar-refractivity contribution in [3.05, 3.63) is 87.2 Å². The minimum atomic E-state index is -0.454. The number of ether oxygens (including phenoxy) is 1. The molecule has 0 saturated carbocycles. The van der Waals surface area contributed by atoms with E-state index in [1.54, 1.807) is 36.7 Å². The Morgan fingerprint density at radius 3 is 2.74 bits per heavy atom. The van der Waals surface area contributed by atoms with Gasteiger partial charge in [0, 0.05) is 37.1 Å². The van der Waals surface area contributed by atoms with Crippen molar-refractivity contribution in [2.45, 2.75) is 6.54 Å². The Morgan fingerprint density at radius 1 is 1.20 bits per heavy atom. The van der Waals surface area contributed by atoms with Crippen molar-refractivity contribution in [1.29, 1.82) is 0 Å². The van der Waals surface area contributed by atoms with Crippen LogP contribution in [-0.2, 0) is 11.3 Å². The normalized spacial score (nSPS) is 13.7. The maximum Gasteiger partial charge on any atom is 0.293 e. The van der Waals surface area contributed by atoms with Crippen LogP contribution in [0.25, 0.3) is 10.2 Å². The van der Waals surface area contributed by atoms with Gasteiger partial charge in [0.2, 0.25) is 0 Å². The number of thiazole rings is 1. The lowest BCUT2D eigenvalue weighted by Gasteiger charge is -2.28. The molecule has 9 nitrogen and oxygen atoms in total. The Bertz CT molecular complexity index is 1390. The van der Waals surface area contributed by atoms with Gasteiger partial charge in [-0.3, -0.25) is 24.8 Å². The molecule has 5 rings (SSSR count). The number of amides is 1. The van der Waals surface area contributed by atoms with Crippen molar-refractivity contribution in [3.63, 3.8) is 0 Å². The number of pyridine rings is 1. The van der Waals surface area contributed by atoms with Crippen LogP contribution in [0.3, 0.4) is 0 Å². The minimum Gasteiger partial charge on any atom is -0.378 e. The number of carbonyl (C=O) groups excluding carboxylic acids is 1. The molecule has 0 bridgehead atoms. The molecule has 2 aromatic carbocycles. The first-order chi connectivity index (χ1) is 17.0. The van der Waals surface area contributed by atoms with Crippen molar-refractivity contribution in [2.24, 2.45) is 0 Å². The summed E-state index contributed by atoms with van der Waals surface area (Å²) in [5.41, 5.74) is 1.95. The number of para-hydroxylation sites is 1. The summed E-state index contributed by atoms with van der Waals surface area (Å²) < 4.78 is 6.20. The fourth-order valence-corrected chi connectivity index (χ4v) is 5.21. The number of aromatic nitrogens is 2. The standard InChI is InChI=1S/C24H20ClN5O4S/c25-18-4-1-5-21-22(18)27-24(35-21)29(15-16-3-2-8-26-14-16)23(31)17-6-7-19(20(13-17)30(32)33)28-9-11-34-12-10-28/h1-8,13-14H,9-12,15H2. The van der Waals surface area contributed by atoms with Gasteiger partial charge in [-0.05, 0) is 35.9 Å². The number of morpholine rings is 1. The van der Waals surface area contributed by atoms with E-state index >= 15 is 0 Å². The lowest BCUT2D eigenvalue weighted by molar-refractivity contribution is -0.384. The molecule has 0 atom stereocenters. The number of hydrogen-bond acceptors (Lipinski definition) is 8. The summed E-state index contributed by atoms with van der Waals surface area (Å²) in [5.74, 6) is -0.402. The minimum absolute atomic E-state index is 0.119. The van der Waals surface area contributed by atoms with Crippen LogP contribution in [0.2, 0.25) is 5.02 Å². The second kappa shape index (κ2) is 9.95. The van der Waals surface area contributed by atoms with E-state index in [9.17, 15) is 14.9 Å². The fraction of sp³-hybridized carbons (Fsp3) is 0.208. The maximum absolute atomic E-state index is 13.8. The summed E-state index contributed by atoms with van der Waals surface area (Å²) in [6.07, 6.45) is 3.32.